The van der Waals surface area contributed by atoms with Crippen molar-refractivity contribution in [1.82, 2.24) is 10.2 Å². The van der Waals surface area contributed by atoms with Crippen LogP contribution in [0.15, 0.2) is 28.7 Å². The minimum Gasteiger partial charge on any atom is -0.459 e. The molecule has 1 fully saturated rings. The fraction of sp³-hybridized carbons (Fsp3) is 0.556. The molecule has 2 aromatic rings. The van der Waals surface area contributed by atoms with Crippen LogP contribution in [-0.2, 0) is 13.1 Å². The van der Waals surface area contributed by atoms with Gasteiger partial charge in [-0.1, -0.05) is 32.0 Å². The third kappa shape index (κ3) is 3.47. The average molecular weight is 286 g/mol. The first-order valence-corrected chi connectivity index (χ1v) is 8.05. The summed E-state index contributed by atoms with van der Waals surface area (Å²) in [7, 11) is 2.23. The number of nitrogens with one attached hydrogen (secondary N) is 1. The Kier molecular flexibility index (Phi) is 4.32. The maximum Gasteiger partial charge on any atom is 0.134 e. The minimum absolute atomic E-state index is 0.659. The fourth-order valence-electron chi connectivity index (χ4n) is 2.83. The number of furan rings is 1. The molecule has 1 aromatic heterocycles. The second kappa shape index (κ2) is 6.20. The van der Waals surface area contributed by atoms with Crippen LogP contribution in [-0.4, -0.2) is 24.5 Å². The highest BCUT2D eigenvalue weighted by Gasteiger charge is 2.27. The highest BCUT2D eigenvalue weighted by atomic mass is 16.3. The van der Waals surface area contributed by atoms with Crippen LogP contribution >= 0.6 is 0 Å². The molecule has 0 amide bonds. The molecule has 3 rings (SSSR count). The third-order valence-corrected chi connectivity index (χ3v) is 4.20. The van der Waals surface area contributed by atoms with E-state index in [2.05, 4.69) is 49.3 Å². The van der Waals surface area contributed by atoms with Gasteiger partial charge in [0.15, 0.2) is 0 Å². The summed E-state index contributed by atoms with van der Waals surface area (Å²) in [6.45, 7) is 7.29. The Morgan fingerprint density at radius 3 is 2.76 bits per heavy atom. The molecule has 0 radical (unpaired) electrons. The third-order valence-electron chi connectivity index (χ3n) is 4.20. The van der Waals surface area contributed by atoms with Gasteiger partial charge in [0.2, 0.25) is 0 Å². The Labute approximate surface area is 127 Å². The van der Waals surface area contributed by atoms with Gasteiger partial charge in [-0.3, -0.25) is 4.90 Å². The van der Waals surface area contributed by atoms with Gasteiger partial charge in [0.25, 0.3) is 0 Å². The van der Waals surface area contributed by atoms with Gasteiger partial charge >= 0.3 is 0 Å². The molecular formula is C18H26N2O. The first-order valence-electron chi connectivity index (χ1n) is 8.05. The quantitative estimate of drug-likeness (QED) is 0.840. The van der Waals surface area contributed by atoms with Crippen molar-refractivity contribution < 1.29 is 4.42 Å². The molecule has 1 saturated carbocycles. The minimum atomic E-state index is 0.659. The van der Waals surface area contributed by atoms with Crippen molar-refractivity contribution in [2.75, 3.05) is 13.6 Å². The SMILES string of the molecule is CC(C)CNCc1oc2ccccc2c1CN(C)C1CC1. The van der Waals surface area contributed by atoms with E-state index in [1.807, 2.05) is 6.07 Å². The van der Waals surface area contributed by atoms with Crippen LogP contribution in [0.25, 0.3) is 11.0 Å². The predicted octanol–water partition coefficient (Wildman–Crippen LogP) is 3.77. The summed E-state index contributed by atoms with van der Waals surface area (Å²) in [5.74, 6) is 1.76. The van der Waals surface area contributed by atoms with Crippen molar-refractivity contribution in [2.45, 2.75) is 45.8 Å². The number of benzene rings is 1. The van der Waals surface area contributed by atoms with E-state index in [0.29, 0.717) is 5.92 Å². The number of fused-ring (bicyclic) bond motifs is 1. The van der Waals surface area contributed by atoms with E-state index < -0.39 is 0 Å². The average Bonchev–Trinajstić information content (AvgIpc) is 3.24. The summed E-state index contributed by atoms with van der Waals surface area (Å²) >= 11 is 0. The molecule has 0 bridgehead atoms. The van der Waals surface area contributed by atoms with Crippen LogP contribution < -0.4 is 5.32 Å². The smallest absolute Gasteiger partial charge is 0.134 e. The Morgan fingerprint density at radius 2 is 2.05 bits per heavy atom. The molecule has 1 N–H and O–H groups in total. The van der Waals surface area contributed by atoms with E-state index in [1.54, 1.807) is 0 Å². The number of rotatable bonds is 7. The fourth-order valence-corrected chi connectivity index (χ4v) is 2.83. The van der Waals surface area contributed by atoms with E-state index in [-0.39, 0.29) is 0 Å². The van der Waals surface area contributed by atoms with E-state index in [0.717, 1.165) is 37.0 Å². The zero-order chi connectivity index (χ0) is 14.8. The molecule has 0 unspecified atom stereocenters. The molecular weight excluding hydrogens is 260 g/mol. The Morgan fingerprint density at radius 1 is 1.29 bits per heavy atom. The van der Waals surface area contributed by atoms with Gasteiger partial charge in [-0.05, 0) is 38.4 Å². The second-order valence-corrected chi connectivity index (χ2v) is 6.67. The molecule has 0 aliphatic heterocycles. The lowest BCUT2D eigenvalue weighted by atomic mass is 10.1. The number of hydrogen-bond acceptors (Lipinski definition) is 3. The summed E-state index contributed by atoms with van der Waals surface area (Å²) < 4.78 is 6.09. The summed E-state index contributed by atoms with van der Waals surface area (Å²) in [5.41, 5.74) is 2.37. The summed E-state index contributed by atoms with van der Waals surface area (Å²) in [5, 5.41) is 4.78. The van der Waals surface area contributed by atoms with Gasteiger partial charge in [-0.25, -0.2) is 0 Å². The van der Waals surface area contributed by atoms with E-state index in [4.69, 9.17) is 4.42 Å². The zero-order valence-electron chi connectivity index (χ0n) is 13.4. The second-order valence-electron chi connectivity index (χ2n) is 6.67. The zero-order valence-corrected chi connectivity index (χ0v) is 13.4. The molecule has 3 nitrogen and oxygen atoms in total. The molecule has 0 saturated heterocycles. The van der Waals surface area contributed by atoms with Gasteiger partial charge in [0, 0.05) is 23.5 Å². The van der Waals surface area contributed by atoms with Crippen LogP contribution in [0.1, 0.15) is 38.0 Å². The number of nitrogens with zero attached hydrogens (tertiary/aromatic N) is 1. The van der Waals surface area contributed by atoms with Crippen LogP contribution in [0, 0.1) is 5.92 Å². The van der Waals surface area contributed by atoms with Gasteiger partial charge in [-0.2, -0.15) is 0 Å². The van der Waals surface area contributed by atoms with E-state index >= 15 is 0 Å². The molecule has 0 spiro atoms. The van der Waals surface area contributed by atoms with Gasteiger partial charge in [0.1, 0.15) is 11.3 Å². The maximum atomic E-state index is 6.09. The van der Waals surface area contributed by atoms with Crippen molar-refractivity contribution >= 4 is 11.0 Å². The first kappa shape index (κ1) is 14.6. The molecule has 1 heterocycles. The summed E-state index contributed by atoms with van der Waals surface area (Å²) in [6, 6.07) is 9.17. The summed E-state index contributed by atoms with van der Waals surface area (Å²) in [6.07, 6.45) is 2.68. The van der Waals surface area contributed by atoms with Crippen LogP contribution in [0.4, 0.5) is 0 Å². The molecule has 114 valence electrons. The number of para-hydroxylation sites is 1. The van der Waals surface area contributed by atoms with Gasteiger partial charge < -0.3 is 9.73 Å². The van der Waals surface area contributed by atoms with Crippen molar-refractivity contribution in [1.29, 1.82) is 0 Å². The molecule has 3 heteroatoms. The van der Waals surface area contributed by atoms with Crippen LogP contribution in [0.2, 0.25) is 0 Å². The lowest BCUT2D eigenvalue weighted by molar-refractivity contribution is 0.313. The lowest BCUT2D eigenvalue weighted by Gasteiger charge is -2.16. The topological polar surface area (TPSA) is 28.4 Å². The van der Waals surface area contributed by atoms with E-state index in [1.165, 1.54) is 23.8 Å². The van der Waals surface area contributed by atoms with Crippen molar-refractivity contribution in [3.8, 4) is 0 Å². The van der Waals surface area contributed by atoms with Crippen molar-refractivity contribution in [3.05, 3.63) is 35.6 Å². The highest BCUT2D eigenvalue weighted by molar-refractivity contribution is 5.82. The number of hydrogen-bond donors (Lipinski definition) is 1. The Bertz CT molecular complexity index is 598. The van der Waals surface area contributed by atoms with Crippen molar-refractivity contribution in [2.24, 2.45) is 5.92 Å². The highest BCUT2D eigenvalue weighted by Crippen LogP contribution is 2.31. The lowest BCUT2D eigenvalue weighted by Crippen LogP contribution is -2.22. The molecule has 1 aliphatic carbocycles. The normalized spacial score (nSPS) is 15.5. The molecule has 1 aromatic carbocycles. The molecule has 1 aliphatic rings. The van der Waals surface area contributed by atoms with Crippen LogP contribution in [0.5, 0.6) is 0 Å². The Hall–Kier alpha value is -1.32. The molecule has 0 atom stereocenters. The summed E-state index contributed by atoms with van der Waals surface area (Å²) in [4.78, 5) is 2.46. The first-order chi connectivity index (χ1) is 10.1. The standard InChI is InChI=1S/C18H26N2O/c1-13(2)10-19-11-18-16(12-20(3)14-8-9-14)15-6-4-5-7-17(15)21-18/h4-7,13-14,19H,8-12H2,1-3H3. The van der Waals surface area contributed by atoms with Gasteiger partial charge in [-0.15, -0.1) is 0 Å². The monoisotopic (exact) mass is 286 g/mol. The van der Waals surface area contributed by atoms with Crippen molar-refractivity contribution in [3.63, 3.8) is 0 Å². The maximum absolute atomic E-state index is 6.09. The Balaban J connectivity index is 1.82. The predicted molar refractivity (Wildman–Crippen MR) is 87.2 cm³/mol. The molecule has 21 heavy (non-hydrogen) atoms. The largest absolute Gasteiger partial charge is 0.459 e. The van der Waals surface area contributed by atoms with Crippen LogP contribution in [0.3, 0.4) is 0 Å². The van der Waals surface area contributed by atoms with Gasteiger partial charge in [0.05, 0.1) is 6.54 Å². The van der Waals surface area contributed by atoms with E-state index in [9.17, 15) is 0 Å².